The Balaban J connectivity index is 1.75. The number of hydrogen-bond acceptors (Lipinski definition) is 2. The number of benzene rings is 2. The zero-order valence-corrected chi connectivity index (χ0v) is 14.1. The Labute approximate surface area is 142 Å². The van der Waals surface area contributed by atoms with Crippen molar-refractivity contribution < 1.29 is 9.59 Å². The molecule has 0 saturated heterocycles. The fourth-order valence-electron chi connectivity index (χ4n) is 3.02. The van der Waals surface area contributed by atoms with E-state index in [0.717, 1.165) is 29.8 Å². The van der Waals surface area contributed by atoms with E-state index in [1.807, 2.05) is 43.3 Å². The number of carbonyl (C=O) groups is 2. The number of nitrogens with zero attached hydrogens (tertiary/aromatic N) is 1. The molecule has 0 unspecified atom stereocenters. The van der Waals surface area contributed by atoms with Crippen LogP contribution in [0, 0.1) is 0 Å². The standard InChI is InChI=1S/C20H22N2O2/c1-3-14-5-8-17(9-6-14)21-20(24)16-7-10-18-15(13-16)11-12-22(18)19(23)4-2/h5-10,13H,3-4,11-12H2,1-2H3,(H,21,24). The fourth-order valence-corrected chi connectivity index (χ4v) is 3.02. The van der Waals surface area contributed by atoms with Crippen molar-refractivity contribution in [1.29, 1.82) is 0 Å². The van der Waals surface area contributed by atoms with Crippen LogP contribution in [0.5, 0.6) is 0 Å². The second-order valence-corrected chi connectivity index (χ2v) is 6.00. The average Bonchev–Trinajstić information content (AvgIpc) is 3.04. The predicted molar refractivity (Wildman–Crippen MR) is 96.6 cm³/mol. The van der Waals surface area contributed by atoms with Crippen molar-refractivity contribution in [2.24, 2.45) is 0 Å². The van der Waals surface area contributed by atoms with Crippen LogP contribution in [0.3, 0.4) is 0 Å². The van der Waals surface area contributed by atoms with Crippen molar-refractivity contribution >= 4 is 23.2 Å². The Bertz CT molecular complexity index is 766. The molecule has 0 aromatic heterocycles. The van der Waals surface area contributed by atoms with E-state index in [-0.39, 0.29) is 11.8 Å². The second-order valence-electron chi connectivity index (χ2n) is 6.00. The van der Waals surface area contributed by atoms with E-state index < -0.39 is 0 Å². The first-order valence-electron chi connectivity index (χ1n) is 8.46. The van der Waals surface area contributed by atoms with Crippen LogP contribution in [0.15, 0.2) is 42.5 Å². The van der Waals surface area contributed by atoms with Gasteiger partial charge in [0.25, 0.3) is 5.91 Å². The lowest BCUT2D eigenvalue weighted by Gasteiger charge is -2.16. The number of nitrogens with one attached hydrogen (secondary N) is 1. The first-order chi connectivity index (χ1) is 11.6. The second kappa shape index (κ2) is 6.87. The van der Waals surface area contributed by atoms with Crippen LogP contribution in [0.4, 0.5) is 11.4 Å². The minimum absolute atomic E-state index is 0.123. The van der Waals surface area contributed by atoms with E-state index in [2.05, 4.69) is 12.2 Å². The lowest BCUT2D eigenvalue weighted by atomic mass is 10.1. The Morgan fingerprint density at radius 1 is 1.08 bits per heavy atom. The van der Waals surface area contributed by atoms with Crippen LogP contribution in [0.2, 0.25) is 0 Å². The molecular formula is C20H22N2O2. The average molecular weight is 322 g/mol. The minimum atomic E-state index is -0.123. The number of amides is 2. The third-order valence-corrected chi connectivity index (χ3v) is 4.46. The summed E-state index contributed by atoms with van der Waals surface area (Å²) in [5.41, 5.74) is 4.65. The molecule has 0 bridgehead atoms. The van der Waals surface area contributed by atoms with Gasteiger partial charge in [-0.15, -0.1) is 0 Å². The SMILES string of the molecule is CCC(=O)N1CCc2cc(C(=O)Nc3ccc(CC)cc3)ccc21. The summed E-state index contributed by atoms with van der Waals surface area (Å²) in [5, 5.41) is 2.93. The van der Waals surface area contributed by atoms with E-state index >= 15 is 0 Å². The largest absolute Gasteiger partial charge is 0.322 e. The topological polar surface area (TPSA) is 49.4 Å². The zero-order chi connectivity index (χ0) is 17.1. The van der Waals surface area contributed by atoms with Gasteiger partial charge in [-0.25, -0.2) is 0 Å². The highest BCUT2D eigenvalue weighted by Crippen LogP contribution is 2.29. The molecule has 4 heteroatoms. The number of aryl methyl sites for hydroxylation is 1. The zero-order valence-electron chi connectivity index (χ0n) is 14.1. The van der Waals surface area contributed by atoms with Crippen LogP contribution >= 0.6 is 0 Å². The molecule has 0 fully saturated rings. The van der Waals surface area contributed by atoms with Crippen molar-refractivity contribution in [3.05, 3.63) is 59.2 Å². The summed E-state index contributed by atoms with van der Waals surface area (Å²) in [5.74, 6) is 0.00396. The van der Waals surface area contributed by atoms with Gasteiger partial charge in [0.15, 0.2) is 0 Å². The molecule has 1 aliphatic heterocycles. The normalized spacial score (nSPS) is 12.8. The quantitative estimate of drug-likeness (QED) is 0.931. The van der Waals surface area contributed by atoms with Gasteiger partial charge in [0, 0.05) is 29.9 Å². The monoisotopic (exact) mass is 322 g/mol. The summed E-state index contributed by atoms with van der Waals surface area (Å²) in [6.45, 7) is 4.67. The van der Waals surface area contributed by atoms with Gasteiger partial charge in [-0.2, -0.15) is 0 Å². The molecule has 0 spiro atoms. The number of rotatable bonds is 4. The molecule has 0 atom stereocenters. The lowest BCUT2D eigenvalue weighted by Crippen LogP contribution is -2.27. The maximum Gasteiger partial charge on any atom is 0.255 e. The van der Waals surface area contributed by atoms with Crippen molar-refractivity contribution in [1.82, 2.24) is 0 Å². The summed E-state index contributed by atoms with van der Waals surface area (Å²) in [6, 6.07) is 13.4. The molecule has 24 heavy (non-hydrogen) atoms. The number of hydrogen-bond donors (Lipinski definition) is 1. The minimum Gasteiger partial charge on any atom is -0.322 e. The van der Waals surface area contributed by atoms with Gasteiger partial charge in [-0.05, 0) is 54.3 Å². The van der Waals surface area contributed by atoms with Crippen LogP contribution in [0.25, 0.3) is 0 Å². The van der Waals surface area contributed by atoms with E-state index in [9.17, 15) is 9.59 Å². The van der Waals surface area contributed by atoms with Crippen LogP contribution < -0.4 is 10.2 Å². The summed E-state index contributed by atoms with van der Waals surface area (Å²) >= 11 is 0. The summed E-state index contributed by atoms with van der Waals surface area (Å²) < 4.78 is 0. The molecule has 2 aromatic rings. The molecule has 2 aromatic carbocycles. The van der Waals surface area contributed by atoms with Crippen molar-refractivity contribution in [2.45, 2.75) is 33.1 Å². The van der Waals surface area contributed by atoms with Gasteiger partial charge in [0.2, 0.25) is 5.91 Å². The highest BCUT2D eigenvalue weighted by Gasteiger charge is 2.24. The maximum absolute atomic E-state index is 12.4. The van der Waals surface area contributed by atoms with E-state index in [0.29, 0.717) is 18.5 Å². The summed E-state index contributed by atoms with van der Waals surface area (Å²) in [6.07, 6.45) is 2.27. The fraction of sp³-hybridized carbons (Fsp3) is 0.300. The van der Waals surface area contributed by atoms with Gasteiger partial charge in [0.1, 0.15) is 0 Å². The van der Waals surface area contributed by atoms with Gasteiger partial charge in [0.05, 0.1) is 0 Å². The molecule has 2 amide bonds. The number of anilines is 2. The first-order valence-corrected chi connectivity index (χ1v) is 8.46. The van der Waals surface area contributed by atoms with Crippen molar-refractivity contribution in [3.63, 3.8) is 0 Å². The Hall–Kier alpha value is -2.62. The maximum atomic E-state index is 12.4. The molecule has 4 nitrogen and oxygen atoms in total. The smallest absolute Gasteiger partial charge is 0.255 e. The molecule has 0 aliphatic carbocycles. The highest BCUT2D eigenvalue weighted by molar-refractivity contribution is 6.05. The molecular weight excluding hydrogens is 300 g/mol. The summed E-state index contributed by atoms with van der Waals surface area (Å²) in [7, 11) is 0. The van der Waals surface area contributed by atoms with Gasteiger partial charge >= 0.3 is 0 Å². The lowest BCUT2D eigenvalue weighted by molar-refractivity contribution is -0.118. The molecule has 0 saturated carbocycles. The third-order valence-electron chi connectivity index (χ3n) is 4.46. The highest BCUT2D eigenvalue weighted by atomic mass is 16.2. The molecule has 0 radical (unpaired) electrons. The van der Waals surface area contributed by atoms with Crippen LogP contribution in [-0.2, 0) is 17.6 Å². The molecule has 124 valence electrons. The molecule has 3 rings (SSSR count). The van der Waals surface area contributed by atoms with Gasteiger partial charge < -0.3 is 10.2 Å². The van der Waals surface area contributed by atoms with Gasteiger partial charge in [-0.1, -0.05) is 26.0 Å². The Morgan fingerprint density at radius 2 is 1.83 bits per heavy atom. The van der Waals surface area contributed by atoms with E-state index in [1.165, 1.54) is 5.56 Å². The summed E-state index contributed by atoms with van der Waals surface area (Å²) in [4.78, 5) is 26.2. The predicted octanol–water partition coefficient (Wildman–Crippen LogP) is 3.80. The molecule has 1 N–H and O–H groups in total. The number of fused-ring (bicyclic) bond motifs is 1. The van der Waals surface area contributed by atoms with Crippen molar-refractivity contribution in [3.8, 4) is 0 Å². The first kappa shape index (κ1) is 16.2. The Kier molecular flexibility index (Phi) is 4.65. The third kappa shape index (κ3) is 3.18. The molecule has 1 aliphatic rings. The van der Waals surface area contributed by atoms with Crippen LogP contribution in [0.1, 0.15) is 41.8 Å². The number of carbonyl (C=O) groups excluding carboxylic acids is 2. The molecule has 1 heterocycles. The van der Waals surface area contributed by atoms with Gasteiger partial charge in [-0.3, -0.25) is 9.59 Å². The Morgan fingerprint density at radius 3 is 2.50 bits per heavy atom. The van der Waals surface area contributed by atoms with Crippen molar-refractivity contribution in [2.75, 3.05) is 16.8 Å². The van der Waals surface area contributed by atoms with E-state index in [4.69, 9.17) is 0 Å². The van der Waals surface area contributed by atoms with Crippen LogP contribution in [-0.4, -0.2) is 18.4 Å². The van der Waals surface area contributed by atoms with E-state index in [1.54, 1.807) is 11.0 Å².